The fourth-order valence-corrected chi connectivity index (χ4v) is 2.93. The predicted molar refractivity (Wildman–Crippen MR) is 88.4 cm³/mol. The van der Waals surface area contributed by atoms with Crippen LogP contribution in [0.15, 0.2) is 35.7 Å². The number of benzene rings is 1. The molecule has 1 aromatic carbocycles. The van der Waals surface area contributed by atoms with Gasteiger partial charge in [-0.1, -0.05) is 29.8 Å². The lowest BCUT2D eigenvalue weighted by molar-refractivity contribution is -0.114. The highest BCUT2D eigenvalue weighted by Crippen LogP contribution is 2.26. The first kappa shape index (κ1) is 14.5. The SMILES string of the molecule is CC(=O)Nc1cc(C)nn1-c1nc(-c2ccc(C)cc2)cs1. The molecule has 2 aromatic heterocycles. The van der Waals surface area contributed by atoms with Crippen molar-refractivity contribution in [2.45, 2.75) is 20.8 Å². The molecule has 0 aliphatic rings. The topological polar surface area (TPSA) is 59.8 Å². The maximum atomic E-state index is 11.3. The van der Waals surface area contributed by atoms with Crippen molar-refractivity contribution in [2.24, 2.45) is 0 Å². The summed E-state index contributed by atoms with van der Waals surface area (Å²) in [5, 5.41) is 9.91. The van der Waals surface area contributed by atoms with Crippen molar-refractivity contribution >= 4 is 23.1 Å². The number of hydrogen-bond donors (Lipinski definition) is 1. The molecule has 0 fully saturated rings. The number of nitrogens with one attached hydrogen (secondary N) is 1. The molecule has 3 aromatic rings. The molecular formula is C16H16N4OS. The molecule has 0 atom stereocenters. The second-order valence-corrected chi connectivity index (χ2v) is 5.98. The van der Waals surface area contributed by atoms with Crippen molar-refractivity contribution in [3.05, 3.63) is 47.0 Å². The van der Waals surface area contributed by atoms with Gasteiger partial charge in [-0.15, -0.1) is 11.3 Å². The fraction of sp³-hybridized carbons (Fsp3) is 0.188. The number of carbonyl (C=O) groups is 1. The van der Waals surface area contributed by atoms with E-state index in [0.717, 1.165) is 22.1 Å². The van der Waals surface area contributed by atoms with Gasteiger partial charge in [0.15, 0.2) is 0 Å². The Balaban J connectivity index is 1.97. The van der Waals surface area contributed by atoms with Crippen molar-refractivity contribution in [3.63, 3.8) is 0 Å². The Labute approximate surface area is 132 Å². The Morgan fingerprint density at radius 3 is 2.64 bits per heavy atom. The van der Waals surface area contributed by atoms with E-state index in [9.17, 15) is 4.79 Å². The van der Waals surface area contributed by atoms with Crippen LogP contribution in [0.5, 0.6) is 0 Å². The number of aromatic nitrogens is 3. The van der Waals surface area contributed by atoms with Crippen LogP contribution in [-0.4, -0.2) is 20.7 Å². The van der Waals surface area contributed by atoms with Gasteiger partial charge in [-0.3, -0.25) is 4.79 Å². The molecule has 0 aliphatic heterocycles. The summed E-state index contributed by atoms with van der Waals surface area (Å²) in [6, 6.07) is 10.1. The molecule has 0 bridgehead atoms. The maximum absolute atomic E-state index is 11.3. The van der Waals surface area contributed by atoms with Gasteiger partial charge < -0.3 is 5.32 Å². The molecule has 2 heterocycles. The molecule has 0 unspecified atom stereocenters. The summed E-state index contributed by atoms with van der Waals surface area (Å²) in [4.78, 5) is 15.9. The number of hydrogen-bond acceptors (Lipinski definition) is 4. The summed E-state index contributed by atoms with van der Waals surface area (Å²) >= 11 is 1.49. The molecule has 3 rings (SSSR count). The quantitative estimate of drug-likeness (QED) is 0.804. The lowest BCUT2D eigenvalue weighted by Crippen LogP contribution is -2.10. The maximum Gasteiger partial charge on any atom is 0.222 e. The normalized spacial score (nSPS) is 10.7. The molecule has 112 valence electrons. The van der Waals surface area contributed by atoms with Crippen molar-refractivity contribution < 1.29 is 4.79 Å². The Hall–Kier alpha value is -2.47. The van der Waals surface area contributed by atoms with E-state index < -0.39 is 0 Å². The molecule has 1 amide bonds. The highest BCUT2D eigenvalue weighted by molar-refractivity contribution is 7.12. The summed E-state index contributed by atoms with van der Waals surface area (Å²) in [5.74, 6) is 0.506. The Kier molecular flexibility index (Phi) is 3.77. The number of thiazole rings is 1. The predicted octanol–water partition coefficient (Wildman–Crippen LogP) is 3.57. The minimum absolute atomic E-state index is 0.128. The summed E-state index contributed by atoms with van der Waals surface area (Å²) in [5.41, 5.74) is 4.02. The molecule has 0 saturated heterocycles. The van der Waals surface area contributed by atoms with Gasteiger partial charge in [-0.2, -0.15) is 9.78 Å². The average Bonchev–Trinajstić information content (AvgIpc) is 3.06. The van der Waals surface area contributed by atoms with Gasteiger partial charge >= 0.3 is 0 Å². The van der Waals surface area contributed by atoms with E-state index in [1.54, 1.807) is 4.68 Å². The van der Waals surface area contributed by atoms with E-state index in [2.05, 4.69) is 46.6 Å². The third-order valence-corrected chi connectivity index (χ3v) is 3.97. The van der Waals surface area contributed by atoms with Gasteiger partial charge in [0.1, 0.15) is 5.82 Å². The number of aryl methyl sites for hydroxylation is 2. The largest absolute Gasteiger partial charge is 0.311 e. The van der Waals surface area contributed by atoms with Gasteiger partial charge in [-0.05, 0) is 13.8 Å². The molecule has 5 nitrogen and oxygen atoms in total. The zero-order valence-electron chi connectivity index (χ0n) is 12.6. The van der Waals surface area contributed by atoms with Gasteiger partial charge in [0.2, 0.25) is 11.0 Å². The summed E-state index contributed by atoms with van der Waals surface area (Å²) in [7, 11) is 0. The van der Waals surface area contributed by atoms with Crippen LogP contribution in [0.2, 0.25) is 0 Å². The molecule has 22 heavy (non-hydrogen) atoms. The standard InChI is InChI=1S/C16H16N4OS/c1-10-4-6-13(7-5-10)14-9-22-16(18-14)20-15(17-12(3)21)8-11(2)19-20/h4-9H,1-3H3,(H,17,21). The molecule has 0 saturated carbocycles. The van der Waals surface area contributed by atoms with E-state index in [1.165, 1.54) is 23.8 Å². The minimum Gasteiger partial charge on any atom is -0.311 e. The molecule has 0 aliphatic carbocycles. The first-order valence-corrected chi connectivity index (χ1v) is 7.78. The molecule has 0 spiro atoms. The highest BCUT2D eigenvalue weighted by atomic mass is 32.1. The Morgan fingerprint density at radius 2 is 1.95 bits per heavy atom. The van der Waals surface area contributed by atoms with Gasteiger partial charge in [0.05, 0.1) is 11.4 Å². The van der Waals surface area contributed by atoms with Crippen LogP contribution in [0.25, 0.3) is 16.4 Å². The van der Waals surface area contributed by atoms with Crippen LogP contribution in [-0.2, 0) is 4.79 Å². The summed E-state index contributed by atoms with van der Waals surface area (Å²) in [6.07, 6.45) is 0. The number of rotatable bonds is 3. The summed E-state index contributed by atoms with van der Waals surface area (Å²) in [6.45, 7) is 5.42. The minimum atomic E-state index is -0.128. The highest BCUT2D eigenvalue weighted by Gasteiger charge is 2.13. The van der Waals surface area contributed by atoms with Crippen molar-refractivity contribution in [3.8, 4) is 16.4 Å². The third kappa shape index (κ3) is 2.92. The number of carbonyl (C=O) groups excluding carboxylic acids is 1. The third-order valence-electron chi connectivity index (χ3n) is 3.16. The first-order chi connectivity index (χ1) is 10.5. The monoisotopic (exact) mass is 312 g/mol. The zero-order chi connectivity index (χ0) is 15.7. The van der Waals surface area contributed by atoms with E-state index in [-0.39, 0.29) is 5.91 Å². The molecular weight excluding hydrogens is 296 g/mol. The van der Waals surface area contributed by atoms with Gasteiger partial charge in [-0.25, -0.2) is 4.98 Å². The number of nitrogens with zero attached hydrogens (tertiary/aromatic N) is 3. The van der Waals surface area contributed by atoms with Crippen LogP contribution >= 0.6 is 11.3 Å². The van der Waals surface area contributed by atoms with Crippen LogP contribution in [0, 0.1) is 13.8 Å². The second-order valence-electron chi connectivity index (χ2n) is 5.15. The van der Waals surface area contributed by atoms with E-state index in [0.29, 0.717) is 5.82 Å². The Bertz CT molecular complexity index is 817. The van der Waals surface area contributed by atoms with E-state index in [4.69, 9.17) is 0 Å². The number of amides is 1. The molecule has 1 N–H and O–H groups in total. The van der Waals surface area contributed by atoms with Crippen LogP contribution in [0.4, 0.5) is 5.82 Å². The smallest absolute Gasteiger partial charge is 0.222 e. The van der Waals surface area contributed by atoms with Crippen LogP contribution < -0.4 is 5.32 Å². The van der Waals surface area contributed by atoms with E-state index >= 15 is 0 Å². The van der Waals surface area contributed by atoms with Crippen molar-refractivity contribution in [1.29, 1.82) is 0 Å². The van der Waals surface area contributed by atoms with E-state index in [1.807, 2.05) is 18.4 Å². The first-order valence-electron chi connectivity index (χ1n) is 6.90. The lowest BCUT2D eigenvalue weighted by Gasteiger charge is -2.03. The Morgan fingerprint density at radius 1 is 1.23 bits per heavy atom. The zero-order valence-corrected chi connectivity index (χ0v) is 13.4. The summed E-state index contributed by atoms with van der Waals surface area (Å²) < 4.78 is 1.67. The second kappa shape index (κ2) is 5.73. The average molecular weight is 312 g/mol. The van der Waals surface area contributed by atoms with Gasteiger partial charge in [0, 0.05) is 23.9 Å². The van der Waals surface area contributed by atoms with Crippen LogP contribution in [0.3, 0.4) is 0 Å². The molecule has 0 radical (unpaired) electrons. The lowest BCUT2D eigenvalue weighted by atomic mass is 10.1. The number of anilines is 1. The molecule has 6 heteroatoms. The van der Waals surface area contributed by atoms with Gasteiger partial charge in [0.25, 0.3) is 0 Å². The van der Waals surface area contributed by atoms with Crippen molar-refractivity contribution in [2.75, 3.05) is 5.32 Å². The fourth-order valence-electron chi connectivity index (χ4n) is 2.13. The van der Waals surface area contributed by atoms with Crippen molar-refractivity contribution in [1.82, 2.24) is 14.8 Å². The van der Waals surface area contributed by atoms with Crippen LogP contribution in [0.1, 0.15) is 18.2 Å².